The lowest BCUT2D eigenvalue weighted by atomic mass is 9.95. The first-order valence-corrected chi connectivity index (χ1v) is 6.91. The zero-order valence-electron chi connectivity index (χ0n) is 10.6. The lowest BCUT2D eigenvalue weighted by Gasteiger charge is -2.24. The largest absolute Gasteiger partial charge is 0.330 e. The number of nitrogens with two attached hydrogens (primary N) is 1. The first-order valence-electron chi connectivity index (χ1n) is 6.91. The predicted octanol–water partition coefficient (Wildman–Crippen LogP) is 1.70. The molecule has 3 rings (SSSR count). The molecule has 1 aromatic heterocycles. The summed E-state index contributed by atoms with van der Waals surface area (Å²) in [5, 5.41) is 8.86. The molecule has 4 heteroatoms. The summed E-state index contributed by atoms with van der Waals surface area (Å²) in [7, 11) is 0. The lowest BCUT2D eigenvalue weighted by molar-refractivity contribution is 0.372. The van der Waals surface area contributed by atoms with Crippen LogP contribution in [-0.2, 0) is 13.0 Å². The van der Waals surface area contributed by atoms with Gasteiger partial charge in [0.05, 0.1) is 0 Å². The topological polar surface area (TPSA) is 56.7 Å². The number of aromatic nitrogens is 3. The lowest BCUT2D eigenvalue weighted by Crippen LogP contribution is -2.27. The van der Waals surface area contributed by atoms with Crippen molar-refractivity contribution in [1.82, 2.24) is 14.8 Å². The molecule has 17 heavy (non-hydrogen) atoms. The predicted molar refractivity (Wildman–Crippen MR) is 66.6 cm³/mol. The van der Waals surface area contributed by atoms with Gasteiger partial charge in [0.1, 0.15) is 11.6 Å². The van der Waals surface area contributed by atoms with E-state index >= 15 is 0 Å². The van der Waals surface area contributed by atoms with Crippen molar-refractivity contribution in [1.29, 1.82) is 0 Å². The number of nitrogens with zero attached hydrogens (tertiary/aromatic N) is 3. The van der Waals surface area contributed by atoms with Crippen molar-refractivity contribution in [3.8, 4) is 0 Å². The first kappa shape index (κ1) is 11.2. The van der Waals surface area contributed by atoms with Crippen molar-refractivity contribution < 1.29 is 0 Å². The van der Waals surface area contributed by atoms with Gasteiger partial charge in [-0.25, -0.2) is 0 Å². The van der Waals surface area contributed by atoms with Crippen LogP contribution in [0.5, 0.6) is 0 Å². The van der Waals surface area contributed by atoms with Crippen LogP contribution >= 0.6 is 0 Å². The standard InChI is InChI=1S/C13H22N4/c1-9-3-2-4-11(9)13-16-15-12-7-10(8-14)5-6-17(12)13/h9-11H,2-8,14H2,1H3. The van der Waals surface area contributed by atoms with Crippen LogP contribution in [0.1, 0.15) is 50.2 Å². The fraction of sp³-hybridized carbons (Fsp3) is 0.846. The summed E-state index contributed by atoms with van der Waals surface area (Å²) in [5.74, 6) is 4.45. The van der Waals surface area contributed by atoms with Gasteiger partial charge in [-0.1, -0.05) is 13.3 Å². The molecule has 3 unspecified atom stereocenters. The van der Waals surface area contributed by atoms with Crippen molar-refractivity contribution in [3.05, 3.63) is 11.6 Å². The minimum atomic E-state index is 0.612. The van der Waals surface area contributed by atoms with Gasteiger partial charge in [0, 0.05) is 18.9 Å². The summed E-state index contributed by atoms with van der Waals surface area (Å²) in [6.45, 7) is 4.20. The molecule has 3 atom stereocenters. The van der Waals surface area contributed by atoms with E-state index in [2.05, 4.69) is 21.7 Å². The summed E-state index contributed by atoms with van der Waals surface area (Å²) in [6.07, 6.45) is 6.19. The number of fused-ring (bicyclic) bond motifs is 1. The van der Waals surface area contributed by atoms with Crippen LogP contribution in [0.15, 0.2) is 0 Å². The molecule has 1 saturated carbocycles. The Morgan fingerprint density at radius 2 is 2.18 bits per heavy atom. The highest BCUT2D eigenvalue weighted by atomic mass is 15.3. The van der Waals surface area contributed by atoms with Crippen molar-refractivity contribution in [2.24, 2.45) is 17.6 Å². The average molecular weight is 234 g/mol. The Bertz CT molecular complexity index is 398. The Balaban J connectivity index is 1.86. The maximum Gasteiger partial charge on any atom is 0.136 e. The average Bonchev–Trinajstić information content (AvgIpc) is 2.94. The second-order valence-electron chi connectivity index (χ2n) is 5.74. The molecule has 0 aromatic carbocycles. The normalized spacial score (nSPS) is 32.7. The van der Waals surface area contributed by atoms with E-state index in [1.54, 1.807) is 0 Å². The Morgan fingerprint density at radius 1 is 1.29 bits per heavy atom. The van der Waals surface area contributed by atoms with E-state index in [0.717, 1.165) is 25.4 Å². The van der Waals surface area contributed by atoms with E-state index in [0.29, 0.717) is 11.8 Å². The molecule has 1 aromatic rings. The summed E-state index contributed by atoms with van der Waals surface area (Å²) < 4.78 is 2.37. The Kier molecular flexibility index (Phi) is 2.90. The summed E-state index contributed by atoms with van der Waals surface area (Å²) >= 11 is 0. The van der Waals surface area contributed by atoms with E-state index < -0.39 is 0 Å². The van der Waals surface area contributed by atoms with Gasteiger partial charge in [-0.05, 0) is 37.6 Å². The summed E-state index contributed by atoms with van der Waals surface area (Å²) in [6, 6.07) is 0. The molecule has 0 spiro atoms. The van der Waals surface area contributed by atoms with Gasteiger partial charge in [0.25, 0.3) is 0 Å². The van der Waals surface area contributed by atoms with Crippen LogP contribution in [0.2, 0.25) is 0 Å². The van der Waals surface area contributed by atoms with E-state index in [4.69, 9.17) is 5.73 Å². The third-order valence-corrected chi connectivity index (χ3v) is 4.61. The van der Waals surface area contributed by atoms with Gasteiger partial charge in [-0.15, -0.1) is 10.2 Å². The van der Waals surface area contributed by atoms with Gasteiger partial charge in [-0.3, -0.25) is 0 Å². The van der Waals surface area contributed by atoms with Crippen LogP contribution in [0, 0.1) is 11.8 Å². The summed E-state index contributed by atoms with van der Waals surface area (Å²) in [5.41, 5.74) is 5.75. The van der Waals surface area contributed by atoms with Gasteiger partial charge < -0.3 is 10.3 Å². The molecule has 94 valence electrons. The molecule has 2 heterocycles. The number of hydrogen-bond donors (Lipinski definition) is 1. The van der Waals surface area contributed by atoms with E-state index in [-0.39, 0.29) is 0 Å². The van der Waals surface area contributed by atoms with Gasteiger partial charge in [0.2, 0.25) is 0 Å². The van der Waals surface area contributed by atoms with Crippen molar-refractivity contribution >= 4 is 0 Å². The smallest absolute Gasteiger partial charge is 0.136 e. The van der Waals surface area contributed by atoms with Crippen molar-refractivity contribution in [2.75, 3.05) is 6.54 Å². The van der Waals surface area contributed by atoms with E-state index in [1.165, 1.54) is 37.3 Å². The molecule has 1 fully saturated rings. The fourth-order valence-electron chi connectivity index (χ4n) is 3.42. The Morgan fingerprint density at radius 3 is 2.88 bits per heavy atom. The van der Waals surface area contributed by atoms with Crippen LogP contribution in [0.4, 0.5) is 0 Å². The summed E-state index contributed by atoms with van der Waals surface area (Å²) in [4.78, 5) is 0. The van der Waals surface area contributed by atoms with Crippen LogP contribution in [0.25, 0.3) is 0 Å². The quantitative estimate of drug-likeness (QED) is 0.847. The minimum Gasteiger partial charge on any atom is -0.330 e. The molecule has 0 amide bonds. The van der Waals surface area contributed by atoms with Crippen LogP contribution in [0.3, 0.4) is 0 Å². The van der Waals surface area contributed by atoms with Crippen LogP contribution in [-0.4, -0.2) is 21.3 Å². The molecule has 4 nitrogen and oxygen atoms in total. The first-order chi connectivity index (χ1) is 8.29. The maximum atomic E-state index is 5.75. The third kappa shape index (κ3) is 1.88. The monoisotopic (exact) mass is 234 g/mol. The second kappa shape index (κ2) is 4.41. The van der Waals surface area contributed by atoms with Crippen LogP contribution < -0.4 is 5.73 Å². The third-order valence-electron chi connectivity index (χ3n) is 4.61. The Hall–Kier alpha value is -0.900. The highest BCUT2D eigenvalue weighted by Gasteiger charge is 2.31. The zero-order valence-corrected chi connectivity index (χ0v) is 10.6. The fourth-order valence-corrected chi connectivity index (χ4v) is 3.42. The SMILES string of the molecule is CC1CCCC1c1nnc2n1CCC(CN)C2. The number of rotatable bonds is 2. The van der Waals surface area contributed by atoms with Crippen molar-refractivity contribution in [3.63, 3.8) is 0 Å². The highest BCUT2D eigenvalue weighted by Crippen LogP contribution is 2.39. The molecule has 2 N–H and O–H groups in total. The van der Waals surface area contributed by atoms with E-state index in [9.17, 15) is 0 Å². The van der Waals surface area contributed by atoms with E-state index in [1.807, 2.05) is 0 Å². The number of hydrogen-bond acceptors (Lipinski definition) is 3. The van der Waals surface area contributed by atoms with Gasteiger partial charge >= 0.3 is 0 Å². The molecule has 0 bridgehead atoms. The van der Waals surface area contributed by atoms with Gasteiger partial charge in [0.15, 0.2) is 0 Å². The zero-order chi connectivity index (χ0) is 11.8. The molecule has 1 aliphatic heterocycles. The molecule has 0 saturated heterocycles. The highest BCUT2D eigenvalue weighted by molar-refractivity contribution is 5.08. The maximum absolute atomic E-state index is 5.75. The van der Waals surface area contributed by atoms with Gasteiger partial charge in [-0.2, -0.15) is 0 Å². The molecule has 0 radical (unpaired) electrons. The minimum absolute atomic E-state index is 0.612. The molecule has 2 aliphatic rings. The van der Waals surface area contributed by atoms with Crippen molar-refractivity contribution in [2.45, 2.75) is 51.5 Å². The Labute approximate surface area is 103 Å². The molecule has 1 aliphatic carbocycles. The molecular formula is C13H22N4. The molecular weight excluding hydrogens is 212 g/mol. The second-order valence-corrected chi connectivity index (χ2v) is 5.74.